The zero-order chi connectivity index (χ0) is 20.3. The van der Waals surface area contributed by atoms with Gasteiger partial charge in [-0.15, -0.1) is 22.7 Å². The Labute approximate surface area is 178 Å². The molecule has 4 heterocycles. The van der Waals surface area contributed by atoms with Gasteiger partial charge in [0.15, 0.2) is 5.78 Å². The molecule has 5 rings (SSSR count). The van der Waals surface area contributed by atoms with Gasteiger partial charge in [0.1, 0.15) is 5.69 Å². The fourth-order valence-electron chi connectivity index (χ4n) is 4.88. The van der Waals surface area contributed by atoms with Crippen molar-refractivity contribution in [2.45, 2.75) is 46.1 Å². The first-order valence-electron chi connectivity index (χ1n) is 10.0. The Hall–Kier alpha value is -2.18. The first-order chi connectivity index (χ1) is 13.9. The normalized spacial score (nSPS) is 20.4. The number of aromatic nitrogens is 1. The number of carbonyl (C=O) groups is 2. The summed E-state index contributed by atoms with van der Waals surface area (Å²) in [7, 11) is 0. The van der Waals surface area contributed by atoms with Crippen LogP contribution in [0.25, 0.3) is 0 Å². The summed E-state index contributed by atoms with van der Waals surface area (Å²) in [5.74, 6) is 0.148. The summed E-state index contributed by atoms with van der Waals surface area (Å²) in [6, 6.07) is 6.26. The van der Waals surface area contributed by atoms with E-state index in [1.807, 2.05) is 17.9 Å². The lowest BCUT2D eigenvalue weighted by Crippen LogP contribution is -2.40. The minimum Gasteiger partial charge on any atom is -0.354 e. The molecule has 150 valence electrons. The Balaban J connectivity index is 1.57. The maximum atomic E-state index is 13.7. The third-order valence-corrected chi connectivity index (χ3v) is 8.08. The van der Waals surface area contributed by atoms with E-state index in [1.165, 1.54) is 15.3 Å². The van der Waals surface area contributed by atoms with Gasteiger partial charge in [0.05, 0.1) is 6.04 Å². The number of hydrogen-bond donors (Lipinski definition) is 1. The standard InChI is InChI=1S/C23H24N2O2S2/c1-13-19-15(11-23(2,3)12-16(19)26)24-20(13)22(27)25-8-6-17-14(7-10-29-17)21(25)18-5-4-9-28-18/h4-5,7,9-10,21,24H,6,8,11-12H2,1-3H3. The molecular formula is C23H24N2O2S2. The Morgan fingerprint density at radius 2 is 2.03 bits per heavy atom. The molecule has 0 saturated heterocycles. The maximum Gasteiger partial charge on any atom is 0.271 e. The molecule has 0 fully saturated rings. The number of carbonyl (C=O) groups excluding carboxylic acids is 2. The van der Waals surface area contributed by atoms with Gasteiger partial charge in [-0.05, 0) is 59.2 Å². The molecule has 1 amide bonds. The van der Waals surface area contributed by atoms with Crippen LogP contribution in [0.15, 0.2) is 29.0 Å². The van der Waals surface area contributed by atoms with Gasteiger partial charge in [-0.3, -0.25) is 9.59 Å². The van der Waals surface area contributed by atoms with Crippen molar-refractivity contribution in [3.8, 4) is 0 Å². The number of thiophene rings is 2. The quantitative estimate of drug-likeness (QED) is 0.600. The zero-order valence-corrected chi connectivity index (χ0v) is 18.5. The summed E-state index contributed by atoms with van der Waals surface area (Å²) in [6.07, 6.45) is 2.21. The van der Waals surface area contributed by atoms with E-state index in [9.17, 15) is 9.59 Å². The molecule has 1 atom stereocenters. The van der Waals surface area contributed by atoms with Crippen molar-refractivity contribution in [1.29, 1.82) is 0 Å². The van der Waals surface area contributed by atoms with Crippen LogP contribution in [0, 0.1) is 12.3 Å². The molecular weight excluding hydrogens is 400 g/mol. The summed E-state index contributed by atoms with van der Waals surface area (Å²) in [5, 5.41) is 4.19. The molecule has 0 bridgehead atoms. The first-order valence-corrected chi connectivity index (χ1v) is 11.8. The van der Waals surface area contributed by atoms with Crippen molar-refractivity contribution in [2.24, 2.45) is 5.41 Å². The number of rotatable bonds is 2. The van der Waals surface area contributed by atoms with Gasteiger partial charge in [-0.2, -0.15) is 0 Å². The summed E-state index contributed by atoms with van der Waals surface area (Å²) in [4.78, 5) is 34.4. The monoisotopic (exact) mass is 424 g/mol. The second-order valence-electron chi connectivity index (χ2n) is 8.89. The van der Waals surface area contributed by atoms with Crippen LogP contribution in [0.4, 0.5) is 0 Å². The topological polar surface area (TPSA) is 53.2 Å². The van der Waals surface area contributed by atoms with E-state index in [2.05, 4.69) is 41.7 Å². The highest BCUT2D eigenvalue weighted by molar-refractivity contribution is 7.10. The van der Waals surface area contributed by atoms with Crippen LogP contribution in [0.5, 0.6) is 0 Å². The van der Waals surface area contributed by atoms with E-state index < -0.39 is 0 Å². The summed E-state index contributed by atoms with van der Waals surface area (Å²) < 4.78 is 0. The second kappa shape index (κ2) is 6.67. The minimum atomic E-state index is -0.0715. The number of nitrogens with one attached hydrogen (secondary N) is 1. The van der Waals surface area contributed by atoms with E-state index in [0.717, 1.165) is 29.7 Å². The number of fused-ring (bicyclic) bond motifs is 2. The molecule has 3 aromatic heterocycles. The maximum absolute atomic E-state index is 13.7. The summed E-state index contributed by atoms with van der Waals surface area (Å²) in [5.41, 5.74) is 4.23. The van der Waals surface area contributed by atoms with Crippen molar-refractivity contribution < 1.29 is 9.59 Å². The van der Waals surface area contributed by atoms with E-state index in [-0.39, 0.29) is 23.1 Å². The molecule has 0 spiro atoms. The van der Waals surface area contributed by atoms with E-state index in [1.54, 1.807) is 22.7 Å². The number of ketones is 1. The number of aromatic amines is 1. The molecule has 0 aromatic carbocycles. The van der Waals surface area contributed by atoms with Crippen molar-refractivity contribution in [2.75, 3.05) is 6.54 Å². The van der Waals surface area contributed by atoms with Crippen molar-refractivity contribution in [1.82, 2.24) is 9.88 Å². The average molecular weight is 425 g/mol. The average Bonchev–Trinajstić information content (AvgIpc) is 3.39. The van der Waals surface area contributed by atoms with Crippen LogP contribution in [-0.2, 0) is 12.8 Å². The largest absolute Gasteiger partial charge is 0.354 e. The molecule has 1 aliphatic carbocycles. The predicted molar refractivity (Wildman–Crippen MR) is 117 cm³/mol. The van der Waals surface area contributed by atoms with Gasteiger partial charge >= 0.3 is 0 Å². The highest BCUT2D eigenvalue weighted by atomic mass is 32.1. The minimum absolute atomic E-state index is 0.00208. The van der Waals surface area contributed by atoms with Gasteiger partial charge in [0, 0.05) is 34.0 Å². The molecule has 3 aromatic rings. The third-order valence-electron chi connectivity index (χ3n) is 6.15. The molecule has 29 heavy (non-hydrogen) atoms. The van der Waals surface area contributed by atoms with Gasteiger partial charge in [-0.1, -0.05) is 19.9 Å². The van der Waals surface area contributed by atoms with E-state index in [4.69, 9.17) is 0 Å². The number of amides is 1. The SMILES string of the molecule is Cc1c(C(=O)N2CCc3sccc3C2c2cccs2)[nH]c2c1C(=O)CC(C)(C)C2. The molecule has 6 heteroatoms. The molecule has 1 aliphatic heterocycles. The number of nitrogens with zero attached hydrogens (tertiary/aromatic N) is 1. The van der Waals surface area contributed by atoms with Crippen LogP contribution in [0.3, 0.4) is 0 Å². The number of Topliss-reactive ketones (excluding diaryl/α,β-unsaturated/α-hetero) is 1. The van der Waals surface area contributed by atoms with Gasteiger partial charge < -0.3 is 9.88 Å². The summed E-state index contributed by atoms with van der Waals surface area (Å²) in [6.45, 7) is 6.83. The Kier molecular flexibility index (Phi) is 4.33. The number of hydrogen-bond acceptors (Lipinski definition) is 4. The molecule has 2 aliphatic rings. The summed E-state index contributed by atoms with van der Waals surface area (Å²) >= 11 is 3.47. The Morgan fingerprint density at radius 3 is 2.79 bits per heavy atom. The van der Waals surface area contributed by atoms with Crippen molar-refractivity contribution in [3.05, 3.63) is 66.8 Å². The zero-order valence-electron chi connectivity index (χ0n) is 16.9. The molecule has 4 nitrogen and oxygen atoms in total. The fourth-order valence-corrected chi connectivity index (χ4v) is 6.64. The third kappa shape index (κ3) is 3.01. The first kappa shape index (κ1) is 18.8. The van der Waals surface area contributed by atoms with Crippen molar-refractivity contribution in [3.63, 3.8) is 0 Å². The van der Waals surface area contributed by atoms with Gasteiger partial charge in [0.25, 0.3) is 5.91 Å². The molecule has 1 unspecified atom stereocenters. The lowest BCUT2D eigenvalue weighted by Gasteiger charge is -2.35. The highest BCUT2D eigenvalue weighted by Crippen LogP contribution is 2.41. The molecule has 0 radical (unpaired) electrons. The number of H-pyrrole nitrogens is 1. The smallest absolute Gasteiger partial charge is 0.271 e. The van der Waals surface area contributed by atoms with Crippen LogP contribution < -0.4 is 0 Å². The van der Waals surface area contributed by atoms with Crippen LogP contribution in [-0.4, -0.2) is 28.1 Å². The molecule has 0 saturated carbocycles. The molecule has 1 N–H and O–H groups in total. The highest BCUT2D eigenvalue weighted by Gasteiger charge is 2.39. The van der Waals surface area contributed by atoms with Crippen LogP contribution in [0.1, 0.15) is 73.7 Å². The van der Waals surface area contributed by atoms with E-state index >= 15 is 0 Å². The fraction of sp³-hybridized carbons (Fsp3) is 0.391. The predicted octanol–water partition coefficient (Wildman–Crippen LogP) is 5.39. The van der Waals surface area contributed by atoms with E-state index in [0.29, 0.717) is 18.7 Å². The lowest BCUT2D eigenvalue weighted by atomic mass is 9.75. The van der Waals surface area contributed by atoms with Gasteiger partial charge in [-0.25, -0.2) is 0 Å². The van der Waals surface area contributed by atoms with Crippen LogP contribution in [0.2, 0.25) is 0 Å². The second-order valence-corrected chi connectivity index (χ2v) is 10.9. The van der Waals surface area contributed by atoms with Crippen molar-refractivity contribution >= 4 is 34.4 Å². The lowest BCUT2D eigenvalue weighted by molar-refractivity contribution is 0.0692. The van der Waals surface area contributed by atoms with Gasteiger partial charge in [0.2, 0.25) is 0 Å². The van der Waals surface area contributed by atoms with Crippen LogP contribution >= 0.6 is 22.7 Å². The Bertz CT molecular complexity index is 1100. The Morgan fingerprint density at radius 1 is 1.21 bits per heavy atom.